The molecule has 2 heterocycles. The quantitative estimate of drug-likeness (QED) is 0.756. The number of rotatable bonds is 4. The molecule has 0 saturated carbocycles. The lowest BCUT2D eigenvalue weighted by Gasteiger charge is -2.27. The van der Waals surface area contributed by atoms with E-state index >= 15 is 0 Å². The van der Waals surface area contributed by atoms with E-state index in [1.54, 1.807) is 6.07 Å². The zero-order valence-corrected chi connectivity index (χ0v) is 11.4. The molecule has 1 aliphatic rings. The molecule has 2 unspecified atom stereocenters. The molecule has 0 bridgehead atoms. The Morgan fingerprint density at radius 1 is 1.50 bits per heavy atom. The average molecular weight is 277 g/mol. The molecule has 1 aromatic rings. The van der Waals surface area contributed by atoms with Crippen LogP contribution in [-0.2, 0) is 11.3 Å². The van der Waals surface area contributed by atoms with Crippen molar-refractivity contribution < 1.29 is 14.7 Å². The first-order valence-corrected chi connectivity index (χ1v) is 6.75. The molecule has 2 atom stereocenters. The lowest BCUT2D eigenvalue weighted by molar-refractivity contribution is -0.126. The fourth-order valence-corrected chi connectivity index (χ4v) is 2.36. The zero-order chi connectivity index (χ0) is 14.5. The molecule has 3 N–H and O–H groups in total. The Labute approximate surface area is 117 Å². The van der Waals surface area contributed by atoms with Gasteiger partial charge in [0, 0.05) is 24.7 Å². The highest BCUT2D eigenvalue weighted by Crippen LogP contribution is 2.16. The lowest BCUT2D eigenvalue weighted by Crippen LogP contribution is -2.42. The van der Waals surface area contributed by atoms with Gasteiger partial charge >= 0.3 is 5.97 Å². The van der Waals surface area contributed by atoms with E-state index in [0.717, 1.165) is 24.9 Å². The van der Waals surface area contributed by atoms with Crippen molar-refractivity contribution in [2.24, 2.45) is 5.92 Å². The second-order valence-electron chi connectivity index (χ2n) is 5.15. The monoisotopic (exact) mass is 277 g/mol. The maximum Gasteiger partial charge on any atom is 0.354 e. The summed E-state index contributed by atoms with van der Waals surface area (Å²) in [6.45, 7) is 3.33. The summed E-state index contributed by atoms with van der Waals surface area (Å²) in [4.78, 5) is 26.5. The van der Waals surface area contributed by atoms with Crippen LogP contribution in [0.15, 0.2) is 18.3 Å². The summed E-state index contributed by atoms with van der Waals surface area (Å²) < 4.78 is 0. The van der Waals surface area contributed by atoms with Crippen LogP contribution in [0.5, 0.6) is 0 Å². The minimum atomic E-state index is -1.05. The Morgan fingerprint density at radius 2 is 2.30 bits per heavy atom. The van der Waals surface area contributed by atoms with E-state index in [2.05, 4.69) is 22.5 Å². The van der Waals surface area contributed by atoms with E-state index in [4.69, 9.17) is 5.11 Å². The summed E-state index contributed by atoms with van der Waals surface area (Å²) in [5.74, 6) is -0.942. The van der Waals surface area contributed by atoms with Crippen LogP contribution >= 0.6 is 0 Å². The van der Waals surface area contributed by atoms with E-state index in [1.807, 2.05) is 0 Å². The molecule has 6 nitrogen and oxygen atoms in total. The molecule has 1 fully saturated rings. The summed E-state index contributed by atoms with van der Waals surface area (Å²) in [7, 11) is 0. The number of carboxylic acid groups (broad SMARTS) is 1. The van der Waals surface area contributed by atoms with E-state index in [9.17, 15) is 9.59 Å². The number of pyridine rings is 1. The van der Waals surface area contributed by atoms with Crippen LogP contribution in [0.3, 0.4) is 0 Å². The molecule has 0 spiro atoms. The highest BCUT2D eigenvalue weighted by Gasteiger charge is 2.24. The third kappa shape index (κ3) is 3.77. The highest BCUT2D eigenvalue weighted by molar-refractivity contribution is 5.85. The third-order valence-corrected chi connectivity index (χ3v) is 3.51. The van der Waals surface area contributed by atoms with Crippen molar-refractivity contribution in [3.8, 4) is 0 Å². The predicted octanol–water partition coefficient (Wildman–Crippen LogP) is 0.784. The number of nitrogens with one attached hydrogen (secondary N) is 2. The van der Waals surface area contributed by atoms with Crippen LogP contribution in [0.4, 0.5) is 0 Å². The molecule has 108 valence electrons. The molecular formula is C14H19N3O3. The maximum atomic E-state index is 12.0. The lowest BCUT2D eigenvalue weighted by atomic mass is 9.92. The Bertz CT molecular complexity index is 487. The van der Waals surface area contributed by atoms with Gasteiger partial charge in [-0.25, -0.2) is 9.78 Å². The summed E-state index contributed by atoms with van der Waals surface area (Å²) >= 11 is 0. The van der Waals surface area contributed by atoms with Gasteiger partial charge in [0.2, 0.25) is 5.91 Å². The van der Waals surface area contributed by atoms with Crippen molar-refractivity contribution in [1.29, 1.82) is 0 Å². The Morgan fingerprint density at radius 3 is 2.90 bits per heavy atom. The minimum Gasteiger partial charge on any atom is -0.477 e. The van der Waals surface area contributed by atoms with Gasteiger partial charge < -0.3 is 15.7 Å². The third-order valence-electron chi connectivity index (χ3n) is 3.51. The molecule has 1 amide bonds. The molecule has 20 heavy (non-hydrogen) atoms. The molecule has 6 heteroatoms. The summed E-state index contributed by atoms with van der Waals surface area (Å²) in [6, 6.07) is 3.48. The van der Waals surface area contributed by atoms with Crippen molar-refractivity contribution >= 4 is 11.9 Å². The number of piperidine rings is 1. The van der Waals surface area contributed by atoms with Crippen LogP contribution < -0.4 is 10.6 Å². The van der Waals surface area contributed by atoms with Gasteiger partial charge in [-0.15, -0.1) is 0 Å². The number of carbonyl (C=O) groups excluding carboxylic acids is 1. The molecule has 1 aromatic heterocycles. The fourth-order valence-electron chi connectivity index (χ4n) is 2.36. The SMILES string of the molecule is CC1CC(C(=O)NCc2ccc(C(=O)O)nc2)CCN1. The second-order valence-corrected chi connectivity index (χ2v) is 5.15. The molecule has 0 radical (unpaired) electrons. The summed E-state index contributed by atoms with van der Waals surface area (Å²) in [5, 5.41) is 14.9. The van der Waals surface area contributed by atoms with Crippen LogP contribution in [-0.4, -0.2) is 34.6 Å². The predicted molar refractivity (Wildman–Crippen MR) is 73.2 cm³/mol. The fraction of sp³-hybridized carbons (Fsp3) is 0.500. The first-order chi connectivity index (χ1) is 9.56. The molecule has 1 saturated heterocycles. The number of hydrogen-bond donors (Lipinski definition) is 3. The largest absolute Gasteiger partial charge is 0.477 e. The van der Waals surface area contributed by atoms with Gasteiger partial charge in [0.1, 0.15) is 5.69 Å². The molecule has 0 aromatic carbocycles. The average Bonchev–Trinajstić information content (AvgIpc) is 2.45. The van der Waals surface area contributed by atoms with Crippen LogP contribution in [0.2, 0.25) is 0 Å². The van der Waals surface area contributed by atoms with Crippen molar-refractivity contribution in [2.75, 3.05) is 6.54 Å². The summed E-state index contributed by atoms with van der Waals surface area (Å²) in [5.41, 5.74) is 0.803. The van der Waals surface area contributed by atoms with Gasteiger partial charge in [-0.1, -0.05) is 6.07 Å². The topological polar surface area (TPSA) is 91.3 Å². The Balaban J connectivity index is 1.85. The number of carbonyl (C=O) groups is 2. The van der Waals surface area contributed by atoms with Crippen LogP contribution in [0.1, 0.15) is 35.8 Å². The minimum absolute atomic E-state index is 0.00672. The van der Waals surface area contributed by atoms with Crippen LogP contribution in [0.25, 0.3) is 0 Å². The number of hydrogen-bond acceptors (Lipinski definition) is 4. The highest BCUT2D eigenvalue weighted by atomic mass is 16.4. The van der Waals surface area contributed by atoms with Crippen molar-refractivity contribution in [3.05, 3.63) is 29.6 Å². The van der Waals surface area contributed by atoms with Gasteiger partial charge in [0.05, 0.1) is 0 Å². The molecule has 2 rings (SSSR count). The van der Waals surface area contributed by atoms with E-state index < -0.39 is 5.97 Å². The number of amides is 1. The molecule has 1 aliphatic heterocycles. The Hall–Kier alpha value is -1.95. The van der Waals surface area contributed by atoms with E-state index in [1.165, 1.54) is 12.3 Å². The zero-order valence-electron chi connectivity index (χ0n) is 11.4. The number of nitrogens with zero attached hydrogens (tertiary/aromatic N) is 1. The van der Waals surface area contributed by atoms with Gasteiger partial charge in [-0.2, -0.15) is 0 Å². The number of aromatic nitrogens is 1. The normalized spacial score (nSPS) is 22.2. The van der Waals surface area contributed by atoms with E-state index in [-0.39, 0.29) is 17.5 Å². The van der Waals surface area contributed by atoms with E-state index in [0.29, 0.717) is 12.6 Å². The smallest absolute Gasteiger partial charge is 0.354 e. The maximum absolute atomic E-state index is 12.0. The first-order valence-electron chi connectivity index (χ1n) is 6.75. The number of aromatic carboxylic acids is 1. The van der Waals surface area contributed by atoms with Gasteiger partial charge in [0.15, 0.2) is 0 Å². The van der Waals surface area contributed by atoms with Gasteiger partial charge in [-0.05, 0) is 37.9 Å². The summed E-state index contributed by atoms with van der Waals surface area (Å²) in [6.07, 6.45) is 3.18. The van der Waals surface area contributed by atoms with Crippen LogP contribution in [0, 0.1) is 5.92 Å². The molecular weight excluding hydrogens is 258 g/mol. The van der Waals surface area contributed by atoms with Crippen molar-refractivity contribution in [3.63, 3.8) is 0 Å². The first kappa shape index (κ1) is 14.5. The number of carboxylic acids is 1. The molecule has 0 aliphatic carbocycles. The van der Waals surface area contributed by atoms with Gasteiger partial charge in [0.25, 0.3) is 0 Å². The Kier molecular flexibility index (Phi) is 4.68. The second kappa shape index (κ2) is 6.47. The standard InChI is InChI=1S/C14H19N3O3/c1-9-6-11(4-5-15-9)13(18)17-8-10-2-3-12(14(19)20)16-7-10/h2-3,7,9,11,15H,4-6,8H2,1H3,(H,17,18)(H,19,20). The van der Waals surface area contributed by atoms with Crippen molar-refractivity contribution in [1.82, 2.24) is 15.6 Å². The van der Waals surface area contributed by atoms with Crippen molar-refractivity contribution in [2.45, 2.75) is 32.4 Å². The van der Waals surface area contributed by atoms with Gasteiger partial charge in [-0.3, -0.25) is 4.79 Å².